The zero-order valence-electron chi connectivity index (χ0n) is 12.5. The second kappa shape index (κ2) is 7.07. The number of hydrogen-bond acceptors (Lipinski definition) is 1. The van der Waals surface area contributed by atoms with Gasteiger partial charge in [0.05, 0.1) is 0 Å². The van der Waals surface area contributed by atoms with E-state index in [1.165, 1.54) is 17.7 Å². The predicted octanol–water partition coefficient (Wildman–Crippen LogP) is 3.06. The fourth-order valence-corrected chi connectivity index (χ4v) is 2.42. The number of hydrogen-bond donors (Lipinski definition) is 2. The van der Waals surface area contributed by atoms with E-state index in [-0.39, 0.29) is 11.7 Å². The van der Waals surface area contributed by atoms with Crippen molar-refractivity contribution in [3.63, 3.8) is 0 Å². The van der Waals surface area contributed by atoms with Gasteiger partial charge in [0.2, 0.25) is 5.91 Å². The summed E-state index contributed by atoms with van der Waals surface area (Å²) in [5.41, 5.74) is 4.38. The van der Waals surface area contributed by atoms with Crippen LogP contribution >= 0.6 is 0 Å². The number of aryl methyl sites for hydroxylation is 3. The molecule has 3 nitrogen and oxygen atoms in total. The van der Waals surface area contributed by atoms with E-state index >= 15 is 0 Å². The normalized spacial score (nSPS) is 10.6. The van der Waals surface area contributed by atoms with Gasteiger partial charge in [0, 0.05) is 24.4 Å². The van der Waals surface area contributed by atoms with E-state index in [0.717, 1.165) is 23.4 Å². The Labute approximate surface area is 124 Å². The van der Waals surface area contributed by atoms with Gasteiger partial charge in [-0.15, -0.1) is 0 Å². The van der Waals surface area contributed by atoms with Gasteiger partial charge in [-0.3, -0.25) is 4.79 Å². The Morgan fingerprint density at radius 1 is 1.24 bits per heavy atom. The van der Waals surface area contributed by atoms with E-state index in [1.807, 2.05) is 19.9 Å². The van der Waals surface area contributed by atoms with Crippen LogP contribution in [0, 0.1) is 19.7 Å². The van der Waals surface area contributed by atoms with Crippen LogP contribution in [-0.2, 0) is 17.6 Å². The minimum atomic E-state index is -0.258. The summed E-state index contributed by atoms with van der Waals surface area (Å²) < 4.78 is 13.0. The summed E-state index contributed by atoms with van der Waals surface area (Å²) in [4.78, 5) is 15.0. The molecule has 1 aromatic heterocycles. The molecule has 0 saturated heterocycles. The van der Waals surface area contributed by atoms with E-state index < -0.39 is 0 Å². The summed E-state index contributed by atoms with van der Waals surface area (Å²) in [6.45, 7) is 4.68. The van der Waals surface area contributed by atoms with Crippen molar-refractivity contribution in [1.82, 2.24) is 10.3 Å². The second-order valence-electron chi connectivity index (χ2n) is 5.33. The molecular weight excluding hydrogens is 267 g/mol. The number of benzene rings is 1. The van der Waals surface area contributed by atoms with Crippen LogP contribution in [0.15, 0.2) is 30.3 Å². The summed E-state index contributed by atoms with van der Waals surface area (Å²) in [6, 6.07) is 8.49. The van der Waals surface area contributed by atoms with E-state index in [4.69, 9.17) is 0 Å². The third-order valence-electron chi connectivity index (χ3n) is 3.50. The number of amides is 1. The Hall–Kier alpha value is -2.10. The smallest absolute Gasteiger partial charge is 0.220 e. The molecule has 0 unspecified atom stereocenters. The van der Waals surface area contributed by atoms with E-state index in [1.54, 1.807) is 6.07 Å². The molecule has 2 aromatic rings. The summed E-state index contributed by atoms with van der Waals surface area (Å²) in [5.74, 6) is -0.254. The number of nitrogens with one attached hydrogen (secondary N) is 2. The minimum Gasteiger partial charge on any atom is -0.362 e. The predicted molar refractivity (Wildman–Crippen MR) is 81.7 cm³/mol. The first kappa shape index (κ1) is 15.3. The lowest BCUT2D eigenvalue weighted by Crippen LogP contribution is -2.25. The van der Waals surface area contributed by atoms with Gasteiger partial charge in [-0.1, -0.05) is 12.1 Å². The third kappa shape index (κ3) is 4.74. The summed E-state index contributed by atoms with van der Waals surface area (Å²) >= 11 is 0. The lowest BCUT2D eigenvalue weighted by Gasteiger charge is -2.05. The number of carbonyl (C=O) groups excluding carboxylic acids is 1. The molecule has 21 heavy (non-hydrogen) atoms. The fraction of sp³-hybridized carbons (Fsp3) is 0.353. The molecule has 0 radical (unpaired) electrons. The molecule has 1 amide bonds. The number of aromatic nitrogens is 1. The molecule has 0 fully saturated rings. The van der Waals surface area contributed by atoms with Crippen molar-refractivity contribution in [1.29, 1.82) is 0 Å². The van der Waals surface area contributed by atoms with Crippen molar-refractivity contribution >= 4 is 5.91 Å². The highest BCUT2D eigenvalue weighted by atomic mass is 19.1. The highest BCUT2D eigenvalue weighted by Crippen LogP contribution is 2.09. The maximum atomic E-state index is 13.0. The largest absolute Gasteiger partial charge is 0.362 e. The van der Waals surface area contributed by atoms with Gasteiger partial charge in [-0.25, -0.2) is 4.39 Å². The number of H-pyrrole nitrogens is 1. The van der Waals surface area contributed by atoms with Gasteiger partial charge in [-0.2, -0.15) is 0 Å². The number of aromatic amines is 1. The van der Waals surface area contributed by atoms with Crippen LogP contribution in [0.25, 0.3) is 0 Å². The second-order valence-corrected chi connectivity index (χ2v) is 5.33. The lowest BCUT2D eigenvalue weighted by molar-refractivity contribution is -0.121. The molecule has 1 heterocycles. The van der Waals surface area contributed by atoms with Gasteiger partial charge < -0.3 is 10.3 Å². The summed E-state index contributed by atoms with van der Waals surface area (Å²) in [6.07, 6.45) is 1.77. The molecule has 0 aliphatic heterocycles. The summed E-state index contributed by atoms with van der Waals surface area (Å²) in [5, 5.41) is 2.91. The fourth-order valence-electron chi connectivity index (χ4n) is 2.42. The average Bonchev–Trinajstić information content (AvgIpc) is 2.75. The van der Waals surface area contributed by atoms with Crippen LogP contribution in [-0.4, -0.2) is 17.4 Å². The van der Waals surface area contributed by atoms with Crippen molar-refractivity contribution in [2.75, 3.05) is 6.54 Å². The van der Waals surface area contributed by atoms with Crippen molar-refractivity contribution < 1.29 is 9.18 Å². The first-order chi connectivity index (χ1) is 10.0. The van der Waals surface area contributed by atoms with Crippen LogP contribution < -0.4 is 5.32 Å². The van der Waals surface area contributed by atoms with Gasteiger partial charge >= 0.3 is 0 Å². The highest BCUT2D eigenvalue weighted by Gasteiger charge is 2.05. The van der Waals surface area contributed by atoms with Gasteiger partial charge in [-0.05, 0) is 56.0 Å². The zero-order chi connectivity index (χ0) is 15.2. The third-order valence-corrected chi connectivity index (χ3v) is 3.50. The molecule has 0 atom stereocenters. The van der Waals surface area contributed by atoms with E-state index in [9.17, 15) is 9.18 Å². The van der Waals surface area contributed by atoms with Crippen molar-refractivity contribution in [2.45, 2.75) is 33.1 Å². The standard InChI is InChI=1S/C17H21FN2O/c1-12-10-15(13(2)20-12)8-9-19-17(21)7-6-14-4-3-5-16(18)11-14/h3-5,10-11,20H,6-9H2,1-2H3,(H,19,21). The molecule has 0 aliphatic rings. The number of rotatable bonds is 6. The summed E-state index contributed by atoms with van der Waals surface area (Å²) in [7, 11) is 0. The number of carbonyl (C=O) groups is 1. The molecule has 2 N–H and O–H groups in total. The van der Waals surface area contributed by atoms with Crippen LogP contribution in [0.5, 0.6) is 0 Å². The van der Waals surface area contributed by atoms with E-state index in [0.29, 0.717) is 19.4 Å². The molecule has 2 rings (SSSR count). The Morgan fingerprint density at radius 3 is 2.71 bits per heavy atom. The first-order valence-electron chi connectivity index (χ1n) is 7.21. The van der Waals surface area contributed by atoms with Crippen molar-refractivity contribution in [2.24, 2.45) is 0 Å². The van der Waals surface area contributed by atoms with Gasteiger partial charge in [0.15, 0.2) is 0 Å². The molecular formula is C17H21FN2O. The Balaban J connectivity index is 1.71. The quantitative estimate of drug-likeness (QED) is 0.843. The van der Waals surface area contributed by atoms with Gasteiger partial charge in [0.1, 0.15) is 5.82 Å². The van der Waals surface area contributed by atoms with Crippen molar-refractivity contribution in [3.05, 3.63) is 58.7 Å². The molecule has 0 aliphatic carbocycles. The van der Waals surface area contributed by atoms with Crippen LogP contribution in [0.2, 0.25) is 0 Å². The Bertz CT molecular complexity index is 619. The molecule has 0 bridgehead atoms. The average molecular weight is 288 g/mol. The molecule has 4 heteroatoms. The number of halogens is 1. The highest BCUT2D eigenvalue weighted by molar-refractivity contribution is 5.76. The Morgan fingerprint density at radius 2 is 2.05 bits per heavy atom. The van der Waals surface area contributed by atoms with E-state index in [2.05, 4.69) is 16.4 Å². The molecule has 112 valence electrons. The molecule has 0 spiro atoms. The zero-order valence-corrected chi connectivity index (χ0v) is 12.5. The SMILES string of the molecule is Cc1cc(CCNC(=O)CCc2cccc(F)c2)c(C)[nH]1. The maximum Gasteiger partial charge on any atom is 0.220 e. The topological polar surface area (TPSA) is 44.9 Å². The lowest BCUT2D eigenvalue weighted by atomic mass is 10.1. The van der Waals surface area contributed by atoms with Gasteiger partial charge in [0.25, 0.3) is 0 Å². The van der Waals surface area contributed by atoms with Crippen LogP contribution in [0.3, 0.4) is 0 Å². The molecule has 1 aromatic carbocycles. The van der Waals surface area contributed by atoms with Crippen molar-refractivity contribution in [3.8, 4) is 0 Å². The minimum absolute atomic E-state index is 0.00386. The maximum absolute atomic E-state index is 13.0. The first-order valence-corrected chi connectivity index (χ1v) is 7.21. The Kier molecular flexibility index (Phi) is 5.14. The van der Waals surface area contributed by atoms with Crippen LogP contribution in [0.1, 0.15) is 28.9 Å². The van der Waals surface area contributed by atoms with Crippen LogP contribution in [0.4, 0.5) is 4.39 Å². The monoisotopic (exact) mass is 288 g/mol. The molecule has 0 saturated carbocycles.